The standard InChI is InChI=1S/C14H26F3NO/c1-10(2)18(9-14(15,16)17)8-11-7-13(3,4)6-5-12(11)19/h10-12,19H,5-9H2,1-4H3. The molecule has 19 heavy (non-hydrogen) atoms. The topological polar surface area (TPSA) is 23.5 Å². The Morgan fingerprint density at radius 3 is 2.37 bits per heavy atom. The van der Waals surface area contributed by atoms with Crippen LogP contribution in [0.5, 0.6) is 0 Å². The lowest BCUT2D eigenvalue weighted by Crippen LogP contribution is -2.46. The first-order valence-electron chi connectivity index (χ1n) is 6.99. The van der Waals surface area contributed by atoms with Gasteiger partial charge in [-0.1, -0.05) is 13.8 Å². The molecule has 1 fully saturated rings. The van der Waals surface area contributed by atoms with E-state index in [1.54, 1.807) is 13.8 Å². The molecule has 2 unspecified atom stereocenters. The second-order valence-electron chi connectivity index (χ2n) is 6.87. The average molecular weight is 281 g/mol. The van der Waals surface area contributed by atoms with Crippen LogP contribution in [-0.2, 0) is 0 Å². The first kappa shape index (κ1) is 16.8. The summed E-state index contributed by atoms with van der Waals surface area (Å²) in [5.41, 5.74) is 0.116. The zero-order valence-electron chi connectivity index (χ0n) is 12.3. The molecule has 114 valence electrons. The van der Waals surface area contributed by atoms with E-state index in [1.807, 2.05) is 0 Å². The molecule has 0 amide bonds. The third kappa shape index (κ3) is 5.69. The SMILES string of the molecule is CC(C)N(CC1CC(C)(C)CCC1O)CC(F)(F)F. The molecule has 1 aliphatic carbocycles. The van der Waals surface area contributed by atoms with Crippen LogP contribution >= 0.6 is 0 Å². The fraction of sp³-hybridized carbons (Fsp3) is 1.00. The van der Waals surface area contributed by atoms with Crippen molar-refractivity contribution in [1.82, 2.24) is 4.90 Å². The molecule has 0 spiro atoms. The minimum Gasteiger partial charge on any atom is -0.393 e. The molecule has 0 heterocycles. The summed E-state index contributed by atoms with van der Waals surface area (Å²) in [5.74, 6) is -0.0616. The number of hydrogen-bond donors (Lipinski definition) is 1. The Balaban J connectivity index is 2.67. The second-order valence-corrected chi connectivity index (χ2v) is 6.87. The van der Waals surface area contributed by atoms with Gasteiger partial charge in [0.25, 0.3) is 0 Å². The van der Waals surface area contributed by atoms with Crippen molar-refractivity contribution >= 4 is 0 Å². The van der Waals surface area contributed by atoms with Crippen LogP contribution in [0.15, 0.2) is 0 Å². The molecular weight excluding hydrogens is 255 g/mol. The van der Waals surface area contributed by atoms with Gasteiger partial charge in [-0.25, -0.2) is 0 Å². The summed E-state index contributed by atoms with van der Waals surface area (Å²) < 4.78 is 37.7. The predicted molar refractivity (Wildman–Crippen MR) is 69.9 cm³/mol. The fourth-order valence-electron chi connectivity index (χ4n) is 2.90. The average Bonchev–Trinajstić information content (AvgIpc) is 2.20. The van der Waals surface area contributed by atoms with Gasteiger partial charge in [-0.3, -0.25) is 4.90 Å². The van der Waals surface area contributed by atoms with Gasteiger partial charge in [-0.05, 0) is 44.4 Å². The Hall–Kier alpha value is -0.290. The van der Waals surface area contributed by atoms with Crippen molar-refractivity contribution in [2.24, 2.45) is 11.3 Å². The molecule has 5 heteroatoms. The Morgan fingerprint density at radius 2 is 1.89 bits per heavy atom. The molecule has 0 aliphatic heterocycles. The van der Waals surface area contributed by atoms with Gasteiger partial charge in [-0.15, -0.1) is 0 Å². The lowest BCUT2D eigenvalue weighted by Gasteiger charge is -2.41. The number of nitrogens with zero attached hydrogens (tertiary/aromatic N) is 1. The van der Waals surface area contributed by atoms with Gasteiger partial charge in [-0.2, -0.15) is 13.2 Å². The lowest BCUT2D eigenvalue weighted by atomic mass is 9.70. The van der Waals surface area contributed by atoms with E-state index in [4.69, 9.17) is 0 Å². The van der Waals surface area contributed by atoms with Gasteiger partial charge in [0.1, 0.15) is 0 Å². The first-order valence-corrected chi connectivity index (χ1v) is 6.99. The van der Waals surface area contributed by atoms with Gasteiger partial charge in [0.05, 0.1) is 12.6 Å². The van der Waals surface area contributed by atoms with Crippen molar-refractivity contribution < 1.29 is 18.3 Å². The van der Waals surface area contributed by atoms with Crippen molar-refractivity contribution in [2.45, 2.75) is 65.3 Å². The lowest BCUT2D eigenvalue weighted by molar-refractivity contribution is -0.153. The summed E-state index contributed by atoms with van der Waals surface area (Å²) in [6, 6.07) is -0.168. The maximum absolute atomic E-state index is 12.6. The van der Waals surface area contributed by atoms with Crippen molar-refractivity contribution in [1.29, 1.82) is 0 Å². The van der Waals surface area contributed by atoms with E-state index in [1.165, 1.54) is 4.90 Å². The summed E-state index contributed by atoms with van der Waals surface area (Å²) in [6.45, 7) is 7.21. The van der Waals surface area contributed by atoms with Crippen LogP contribution in [0.3, 0.4) is 0 Å². The summed E-state index contributed by atoms with van der Waals surface area (Å²) in [4.78, 5) is 1.43. The monoisotopic (exact) mass is 281 g/mol. The van der Waals surface area contributed by atoms with Crippen LogP contribution in [0.25, 0.3) is 0 Å². The maximum Gasteiger partial charge on any atom is 0.401 e. The van der Waals surface area contributed by atoms with Crippen LogP contribution in [-0.4, -0.2) is 41.4 Å². The van der Waals surface area contributed by atoms with Crippen molar-refractivity contribution in [3.63, 3.8) is 0 Å². The highest BCUT2D eigenvalue weighted by Gasteiger charge is 2.38. The fourth-order valence-corrected chi connectivity index (χ4v) is 2.90. The molecule has 0 aromatic heterocycles. The largest absolute Gasteiger partial charge is 0.401 e. The molecular formula is C14H26F3NO. The van der Waals surface area contributed by atoms with E-state index in [-0.39, 0.29) is 17.4 Å². The highest BCUT2D eigenvalue weighted by atomic mass is 19.4. The Morgan fingerprint density at radius 1 is 1.32 bits per heavy atom. The Bertz CT molecular complexity index is 287. The van der Waals surface area contributed by atoms with Crippen LogP contribution in [0.1, 0.15) is 47.0 Å². The number of hydrogen-bond acceptors (Lipinski definition) is 2. The zero-order chi connectivity index (χ0) is 14.8. The molecule has 1 N–H and O–H groups in total. The van der Waals surface area contributed by atoms with E-state index in [9.17, 15) is 18.3 Å². The van der Waals surface area contributed by atoms with E-state index in [2.05, 4.69) is 13.8 Å². The van der Waals surface area contributed by atoms with E-state index >= 15 is 0 Å². The molecule has 1 saturated carbocycles. The maximum atomic E-state index is 12.6. The van der Waals surface area contributed by atoms with Gasteiger partial charge in [0.2, 0.25) is 0 Å². The third-order valence-corrected chi connectivity index (χ3v) is 4.06. The van der Waals surface area contributed by atoms with Crippen LogP contribution in [0.4, 0.5) is 13.2 Å². The van der Waals surface area contributed by atoms with Gasteiger partial charge < -0.3 is 5.11 Å². The Labute approximate surface area is 114 Å². The number of alkyl halides is 3. The van der Waals surface area contributed by atoms with Gasteiger partial charge >= 0.3 is 6.18 Å². The molecule has 1 aliphatic rings. The second kappa shape index (κ2) is 6.00. The third-order valence-electron chi connectivity index (χ3n) is 4.06. The molecule has 0 radical (unpaired) electrons. The molecule has 1 rings (SSSR count). The van der Waals surface area contributed by atoms with E-state index in [0.717, 1.165) is 12.8 Å². The van der Waals surface area contributed by atoms with Crippen molar-refractivity contribution in [3.05, 3.63) is 0 Å². The first-order chi connectivity index (χ1) is 8.50. The molecule has 0 aromatic rings. The van der Waals surface area contributed by atoms with Crippen LogP contribution in [0.2, 0.25) is 0 Å². The number of halogens is 3. The number of aliphatic hydroxyl groups excluding tert-OH is 1. The zero-order valence-corrected chi connectivity index (χ0v) is 12.3. The summed E-state index contributed by atoms with van der Waals surface area (Å²) in [5, 5.41) is 10.0. The quantitative estimate of drug-likeness (QED) is 0.853. The highest BCUT2D eigenvalue weighted by Crippen LogP contribution is 2.39. The summed E-state index contributed by atoms with van der Waals surface area (Å²) in [7, 11) is 0. The molecule has 2 atom stereocenters. The Kier molecular flexibility index (Phi) is 5.29. The summed E-state index contributed by atoms with van der Waals surface area (Å²) >= 11 is 0. The summed E-state index contributed by atoms with van der Waals surface area (Å²) in [6.07, 6.45) is -2.24. The van der Waals surface area contributed by atoms with Crippen molar-refractivity contribution in [2.75, 3.05) is 13.1 Å². The van der Waals surface area contributed by atoms with E-state index in [0.29, 0.717) is 13.0 Å². The molecule has 0 aromatic carbocycles. The van der Waals surface area contributed by atoms with Crippen LogP contribution in [0, 0.1) is 11.3 Å². The number of aliphatic hydroxyl groups is 1. The van der Waals surface area contributed by atoms with Gasteiger partial charge in [0.15, 0.2) is 0 Å². The normalized spacial score (nSPS) is 28.1. The molecule has 0 bridgehead atoms. The van der Waals surface area contributed by atoms with Crippen molar-refractivity contribution in [3.8, 4) is 0 Å². The molecule has 2 nitrogen and oxygen atoms in total. The van der Waals surface area contributed by atoms with E-state index < -0.39 is 18.8 Å². The highest BCUT2D eigenvalue weighted by molar-refractivity contribution is 4.87. The minimum absolute atomic E-state index is 0.0616. The van der Waals surface area contributed by atoms with Gasteiger partial charge in [0, 0.05) is 12.6 Å². The smallest absolute Gasteiger partial charge is 0.393 e. The predicted octanol–water partition coefficient (Wildman–Crippen LogP) is 3.45. The molecule has 0 saturated heterocycles. The minimum atomic E-state index is -4.18. The number of rotatable bonds is 4. The van der Waals surface area contributed by atoms with Crippen LogP contribution < -0.4 is 0 Å².